The maximum atomic E-state index is 12.6. The van der Waals surface area contributed by atoms with Crippen LogP contribution in [0.4, 0.5) is 11.6 Å². The number of aromatic nitrogens is 2. The Bertz CT molecular complexity index is 698. The van der Waals surface area contributed by atoms with Gasteiger partial charge in [0.05, 0.1) is 5.56 Å². The van der Waals surface area contributed by atoms with E-state index in [4.69, 9.17) is 5.73 Å². The standard InChI is InChI=1S/C16H17BrN4O/c17-11-9-12(16(18)19-10-11)15(22)13-5-4-6-14(20-13)21-7-2-1-3-8-21/h4-6,9-10H,1-3,7-8H2,(H2,18,19). The van der Waals surface area contributed by atoms with E-state index in [9.17, 15) is 4.79 Å². The smallest absolute Gasteiger partial charge is 0.215 e. The SMILES string of the molecule is Nc1ncc(Br)cc1C(=O)c1cccc(N2CCCCC2)n1. The van der Waals surface area contributed by atoms with Crippen LogP contribution in [0.5, 0.6) is 0 Å². The van der Waals surface area contributed by atoms with Gasteiger partial charge >= 0.3 is 0 Å². The van der Waals surface area contributed by atoms with Gasteiger partial charge < -0.3 is 10.6 Å². The number of hydrogen-bond acceptors (Lipinski definition) is 5. The molecule has 22 heavy (non-hydrogen) atoms. The predicted molar refractivity (Wildman–Crippen MR) is 90.1 cm³/mol. The molecule has 0 radical (unpaired) electrons. The highest BCUT2D eigenvalue weighted by molar-refractivity contribution is 9.10. The fraction of sp³-hybridized carbons (Fsp3) is 0.312. The first-order chi connectivity index (χ1) is 10.6. The normalized spacial score (nSPS) is 14.9. The average Bonchev–Trinajstić information content (AvgIpc) is 2.57. The van der Waals surface area contributed by atoms with E-state index in [1.807, 2.05) is 12.1 Å². The Labute approximate surface area is 137 Å². The molecule has 0 atom stereocenters. The molecule has 0 amide bonds. The van der Waals surface area contributed by atoms with Crippen LogP contribution in [0, 0.1) is 0 Å². The fourth-order valence-electron chi connectivity index (χ4n) is 2.62. The van der Waals surface area contributed by atoms with E-state index in [1.54, 1.807) is 18.3 Å². The summed E-state index contributed by atoms with van der Waals surface area (Å²) in [5.41, 5.74) is 6.59. The molecule has 6 heteroatoms. The summed E-state index contributed by atoms with van der Waals surface area (Å²) in [6, 6.07) is 7.21. The van der Waals surface area contributed by atoms with Crippen LogP contribution in [0.2, 0.25) is 0 Å². The number of carbonyl (C=O) groups excluding carboxylic acids is 1. The number of anilines is 2. The number of nitrogen functional groups attached to an aromatic ring is 1. The van der Waals surface area contributed by atoms with Gasteiger partial charge in [0.25, 0.3) is 0 Å². The molecule has 0 unspecified atom stereocenters. The van der Waals surface area contributed by atoms with Gasteiger partial charge in [-0.3, -0.25) is 4.79 Å². The van der Waals surface area contributed by atoms with Gasteiger partial charge in [0.2, 0.25) is 5.78 Å². The van der Waals surface area contributed by atoms with E-state index in [2.05, 4.69) is 30.8 Å². The summed E-state index contributed by atoms with van der Waals surface area (Å²) in [4.78, 5) is 23.4. The number of halogens is 1. The first kappa shape index (κ1) is 15.0. The molecule has 1 saturated heterocycles. The number of carbonyl (C=O) groups is 1. The van der Waals surface area contributed by atoms with Crippen molar-refractivity contribution in [3.63, 3.8) is 0 Å². The lowest BCUT2D eigenvalue weighted by atomic mass is 10.1. The monoisotopic (exact) mass is 360 g/mol. The maximum Gasteiger partial charge on any atom is 0.215 e. The van der Waals surface area contributed by atoms with Crippen LogP contribution in [-0.4, -0.2) is 28.8 Å². The minimum Gasteiger partial charge on any atom is -0.383 e. The average molecular weight is 361 g/mol. The third-order valence-corrected chi connectivity index (χ3v) is 4.21. The van der Waals surface area contributed by atoms with E-state index >= 15 is 0 Å². The van der Waals surface area contributed by atoms with Crippen molar-refractivity contribution in [1.29, 1.82) is 0 Å². The van der Waals surface area contributed by atoms with Gasteiger partial charge in [-0.15, -0.1) is 0 Å². The van der Waals surface area contributed by atoms with Crippen molar-refractivity contribution < 1.29 is 4.79 Å². The van der Waals surface area contributed by atoms with Gasteiger partial charge in [0, 0.05) is 23.8 Å². The van der Waals surface area contributed by atoms with Gasteiger partial charge in [-0.1, -0.05) is 6.07 Å². The van der Waals surface area contributed by atoms with Crippen molar-refractivity contribution in [2.45, 2.75) is 19.3 Å². The highest BCUT2D eigenvalue weighted by atomic mass is 79.9. The van der Waals surface area contributed by atoms with Gasteiger partial charge in [-0.2, -0.15) is 0 Å². The summed E-state index contributed by atoms with van der Waals surface area (Å²) < 4.78 is 0.720. The molecule has 2 N–H and O–H groups in total. The van der Waals surface area contributed by atoms with E-state index in [0.717, 1.165) is 23.4 Å². The third kappa shape index (κ3) is 3.11. The number of hydrogen-bond donors (Lipinski definition) is 1. The summed E-state index contributed by atoms with van der Waals surface area (Å²) in [5.74, 6) is 0.871. The third-order valence-electron chi connectivity index (χ3n) is 3.78. The van der Waals surface area contributed by atoms with Crippen molar-refractivity contribution in [2.24, 2.45) is 0 Å². The quantitative estimate of drug-likeness (QED) is 0.851. The molecule has 2 aromatic heterocycles. The molecule has 0 aliphatic carbocycles. The Morgan fingerprint density at radius 3 is 2.77 bits per heavy atom. The molecule has 1 aliphatic rings. The molecule has 0 aromatic carbocycles. The lowest BCUT2D eigenvalue weighted by Gasteiger charge is -2.27. The molecule has 0 spiro atoms. The van der Waals surface area contributed by atoms with Crippen molar-refractivity contribution >= 4 is 33.3 Å². The molecule has 2 aromatic rings. The molecule has 0 bridgehead atoms. The van der Waals surface area contributed by atoms with Crippen LogP contribution in [0.25, 0.3) is 0 Å². The lowest BCUT2D eigenvalue weighted by Crippen LogP contribution is -2.30. The summed E-state index contributed by atoms with van der Waals surface area (Å²) in [6.45, 7) is 1.98. The van der Waals surface area contributed by atoms with Gasteiger partial charge in [0.15, 0.2) is 0 Å². The van der Waals surface area contributed by atoms with Crippen LogP contribution >= 0.6 is 15.9 Å². The summed E-state index contributed by atoms with van der Waals surface area (Å²) >= 11 is 3.32. The minimum absolute atomic E-state index is 0.204. The number of rotatable bonds is 3. The number of nitrogens with two attached hydrogens (primary N) is 1. The lowest BCUT2D eigenvalue weighted by molar-refractivity contribution is 0.103. The largest absolute Gasteiger partial charge is 0.383 e. The summed E-state index contributed by atoms with van der Waals surface area (Å²) in [7, 11) is 0. The zero-order valence-corrected chi connectivity index (χ0v) is 13.7. The second-order valence-corrected chi connectivity index (χ2v) is 6.26. The molecule has 114 valence electrons. The molecule has 5 nitrogen and oxygen atoms in total. The second kappa shape index (κ2) is 6.44. The topological polar surface area (TPSA) is 72.1 Å². The minimum atomic E-state index is -0.204. The first-order valence-electron chi connectivity index (χ1n) is 7.33. The molecular weight excluding hydrogens is 344 g/mol. The Hall–Kier alpha value is -1.95. The van der Waals surface area contributed by atoms with Gasteiger partial charge in [0.1, 0.15) is 17.3 Å². The van der Waals surface area contributed by atoms with Crippen molar-refractivity contribution in [3.8, 4) is 0 Å². The van der Waals surface area contributed by atoms with Crippen LogP contribution < -0.4 is 10.6 Å². The Morgan fingerprint density at radius 1 is 1.23 bits per heavy atom. The van der Waals surface area contributed by atoms with Gasteiger partial charge in [-0.25, -0.2) is 9.97 Å². The first-order valence-corrected chi connectivity index (χ1v) is 8.12. The predicted octanol–water partition coefficient (Wildman–Crippen LogP) is 3.04. The zero-order valence-electron chi connectivity index (χ0n) is 12.1. The van der Waals surface area contributed by atoms with E-state index < -0.39 is 0 Å². The van der Waals surface area contributed by atoms with E-state index in [1.165, 1.54) is 19.3 Å². The molecule has 0 saturated carbocycles. The van der Waals surface area contributed by atoms with E-state index in [0.29, 0.717) is 11.3 Å². The van der Waals surface area contributed by atoms with E-state index in [-0.39, 0.29) is 11.6 Å². The second-order valence-electron chi connectivity index (χ2n) is 5.34. The molecule has 3 rings (SSSR count). The van der Waals surface area contributed by atoms with Crippen molar-refractivity contribution in [2.75, 3.05) is 23.7 Å². The molecule has 3 heterocycles. The maximum absolute atomic E-state index is 12.6. The van der Waals surface area contributed by atoms with Crippen LogP contribution in [0.3, 0.4) is 0 Å². The molecular formula is C16H17BrN4O. The van der Waals surface area contributed by atoms with Crippen molar-refractivity contribution in [3.05, 3.63) is 46.2 Å². The molecule has 1 aliphatic heterocycles. The Kier molecular flexibility index (Phi) is 4.38. The zero-order chi connectivity index (χ0) is 15.5. The Morgan fingerprint density at radius 2 is 2.00 bits per heavy atom. The number of piperidine rings is 1. The highest BCUT2D eigenvalue weighted by Crippen LogP contribution is 2.21. The van der Waals surface area contributed by atoms with Crippen LogP contribution in [-0.2, 0) is 0 Å². The summed E-state index contributed by atoms with van der Waals surface area (Å²) in [6.07, 6.45) is 5.17. The Balaban J connectivity index is 1.91. The number of nitrogens with zero attached hydrogens (tertiary/aromatic N) is 3. The van der Waals surface area contributed by atoms with Crippen LogP contribution in [0.15, 0.2) is 34.9 Å². The fourth-order valence-corrected chi connectivity index (χ4v) is 2.95. The molecule has 1 fully saturated rings. The van der Waals surface area contributed by atoms with Crippen LogP contribution in [0.1, 0.15) is 35.3 Å². The number of ketones is 1. The van der Waals surface area contributed by atoms with Gasteiger partial charge in [-0.05, 0) is 53.4 Å². The number of pyridine rings is 2. The summed E-state index contributed by atoms with van der Waals surface area (Å²) in [5, 5.41) is 0. The highest BCUT2D eigenvalue weighted by Gasteiger charge is 2.18. The van der Waals surface area contributed by atoms with Crippen molar-refractivity contribution in [1.82, 2.24) is 9.97 Å².